The third-order valence-electron chi connectivity index (χ3n) is 5.16. The van der Waals surface area contributed by atoms with E-state index in [1.54, 1.807) is 36.4 Å². The smallest absolute Gasteiger partial charge is 0.200 e. The van der Waals surface area contributed by atoms with Crippen LogP contribution in [-0.2, 0) is 0 Å². The molecule has 4 N–H and O–H groups in total. The fraction of sp³-hybridized carbons (Fsp3) is 0.120. The number of nitrogens with one attached hydrogen (secondary N) is 1. The van der Waals surface area contributed by atoms with Gasteiger partial charge in [0.05, 0.1) is 17.1 Å². The first kappa shape index (κ1) is 22.3. The summed E-state index contributed by atoms with van der Waals surface area (Å²) in [6.45, 7) is -0.241. The molecular weight excluding hydrogens is 430 g/mol. The van der Waals surface area contributed by atoms with E-state index in [0.717, 1.165) is 12.1 Å². The Morgan fingerprint density at radius 2 is 1.70 bits per heavy atom. The van der Waals surface area contributed by atoms with Gasteiger partial charge in [0.15, 0.2) is 0 Å². The topological polar surface area (TPSA) is 106 Å². The van der Waals surface area contributed by atoms with E-state index >= 15 is 0 Å². The first-order valence-corrected chi connectivity index (χ1v) is 10.2. The zero-order valence-electron chi connectivity index (χ0n) is 17.3. The average molecular weight is 450 g/mol. The van der Waals surface area contributed by atoms with Crippen LogP contribution in [0.5, 0.6) is 0 Å². The summed E-state index contributed by atoms with van der Waals surface area (Å²) in [5, 5.41) is 30.3. The molecule has 0 aliphatic heterocycles. The van der Waals surface area contributed by atoms with Crippen LogP contribution in [0.15, 0.2) is 66.7 Å². The number of imidazole rings is 1. The predicted molar refractivity (Wildman–Crippen MR) is 119 cm³/mol. The Morgan fingerprint density at radius 3 is 2.39 bits per heavy atom. The number of benzene rings is 3. The number of rotatable bonds is 7. The second kappa shape index (κ2) is 9.32. The maximum atomic E-state index is 13.8. The van der Waals surface area contributed by atoms with Gasteiger partial charge in [0, 0.05) is 30.2 Å². The molecule has 1 unspecified atom stereocenters. The van der Waals surface area contributed by atoms with Gasteiger partial charge in [-0.05, 0) is 35.9 Å². The van der Waals surface area contributed by atoms with Crippen molar-refractivity contribution < 1.29 is 28.9 Å². The molecule has 0 spiro atoms. The summed E-state index contributed by atoms with van der Waals surface area (Å²) >= 11 is 0. The molecule has 0 amide bonds. The van der Waals surface area contributed by atoms with Crippen molar-refractivity contribution in [3.05, 3.63) is 101 Å². The average Bonchev–Trinajstić information content (AvgIpc) is 3.22. The van der Waals surface area contributed by atoms with Crippen LogP contribution in [0.1, 0.15) is 39.8 Å². The maximum Gasteiger partial charge on any atom is 0.200 e. The number of fused-ring (bicyclic) bond motifs is 1. The van der Waals surface area contributed by atoms with Crippen molar-refractivity contribution in [1.82, 2.24) is 9.97 Å². The number of nitrogens with zero attached hydrogens (tertiary/aromatic N) is 1. The molecule has 8 heteroatoms. The lowest BCUT2D eigenvalue weighted by atomic mass is 9.96. The monoisotopic (exact) mass is 450 g/mol. The Balaban J connectivity index is 1.89. The highest BCUT2D eigenvalue weighted by atomic mass is 19.1. The van der Waals surface area contributed by atoms with Gasteiger partial charge in [-0.1, -0.05) is 30.3 Å². The lowest BCUT2D eigenvalue weighted by molar-refractivity contribution is 0.105. The van der Waals surface area contributed by atoms with Gasteiger partial charge in [-0.2, -0.15) is 0 Å². The summed E-state index contributed by atoms with van der Waals surface area (Å²) < 4.78 is 27.7. The van der Waals surface area contributed by atoms with Gasteiger partial charge < -0.3 is 20.3 Å². The Kier molecular flexibility index (Phi) is 6.30. The van der Waals surface area contributed by atoms with E-state index in [-0.39, 0.29) is 35.6 Å². The van der Waals surface area contributed by atoms with E-state index < -0.39 is 29.3 Å². The van der Waals surface area contributed by atoms with Crippen molar-refractivity contribution in [2.24, 2.45) is 0 Å². The molecule has 1 aromatic heterocycles. The van der Waals surface area contributed by atoms with Crippen LogP contribution in [0.2, 0.25) is 0 Å². The van der Waals surface area contributed by atoms with E-state index in [9.17, 15) is 23.8 Å². The van der Waals surface area contributed by atoms with Gasteiger partial charge in [-0.25, -0.2) is 13.8 Å². The number of para-hydroxylation sites is 2. The number of carbonyl (C=O) groups excluding carboxylic acids is 1. The Bertz CT molecular complexity index is 1310. The first-order valence-electron chi connectivity index (χ1n) is 10.2. The van der Waals surface area contributed by atoms with E-state index in [0.29, 0.717) is 22.7 Å². The summed E-state index contributed by atoms with van der Waals surface area (Å²) in [6.07, 6.45) is -0.912. The van der Waals surface area contributed by atoms with Gasteiger partial charge >= 0.3 is 0 Å². The molecular formula is C25H20F2N2O4. The molecule has 33 heavy (non-hydrogen) atoms. The van der Waals surface area contributed by atoms with Crippen molar-refractivity contribution in [3.8, 4) is 0 Å². The molecule has 4 aromatic rings. The number of halogens is 2. The second-order valence-electron chi connectivity index (χ2n) is 7.47. The SMILES string of the molecule is O=C(/C(=C(/O)c1cc(F)cc(F)c1)c1nc2ccccc2[nH]1)c1cccc(C(O)CCO)c1. The molecule has 1 atom stereocenters. The number of aliphatic hydroxyl groups excluding tert-OH is 3. The summed E-state index contributed by atoms with van der Waals surface area (Å²) in [5.41, 5.74) is 1.13. The number of allylic oxidation sites excluding steroid dienone is 1. The third-order valence-corrected chi connectivity index (χ3v) is 5.16. The molecule has 3 aromatic carbocycles. The Hall–Kier alpha value is -3.88. The summed E-state index contributed by atoms with van der Waals surface area (Å²) in [6, 6.07) is 15.5. The molecule has 0 aliphatic carbocycles. The van der Waals surface area contributed by atoms with Gasteiger partial charge in [0.2, 0.25) is 5.78 Å². The highest BCUT2D eigenvalue weighted by Crippen LogP contribution is 2.30. The zero-order valence-corrected chi connectivity index (χ0v) is 17.3. The van der Waals surface area contributed by atoms with Crippen LogP contribution in [-0.4, -0.2) is 37.7 Å². The van der Waals surface area contributed by atoms with Gasteiger partial charge in [0.25, 0.3) is 0 Å². The fourth-order valence-corrected chi connectivity index (χ4v) is 3.55. The van der Waals surface area contributed by atoms with E-state index in [1.165, 1.54) is 12.1 Å². The third kappa shape index (κ3) is 4.67. The van der Waals surface area contributed by atoms with Gasteiger partial charge in [-0.15, -0.1) is 0 Å². The number of Topliss-reactive ketones (excluding diaryl/α,β-unsaturated/α-hetero) is 1. The molecule has 0 saturated heterocycles. The molecule has 0 fully saturated rings. The lowest BCUT2D eigenvalue weighted by Gasteiger charge is -2.12. The van der Waals surface area contributed by atoms with Crippen LogP contribution in [0.4, 0.5) is 8.78 Å². The Morgan fingerprint density at radius 1 is 0.970 bits per heavy atom. The van der Waals surface area contributed by atoms with Crippen molar-refractivity contribution in [2.45, 2.75) is 12.5 Å². The number of aromatic nitrogens is 2. The highest BCUT2D eigenvalue weighted by molar-refractivity contribution is 6.33. The first-order chi connectivity index (χ1) is 15.9. The maximum absolute atomic E-state index is 13.8. The van der Waals surface area contributed by atoms with Crippen molar-refractivity contribution >= 4 is 28.1 Å². The van der Waals surface area contributed by atoms with Crippen LogP contribution < -0.4 is 0 Å². The van der Waals surface area contributed by atoms with Gasteiger partial charge in [-0.3, -0.25) is 4.79 Å². The number of ketones is 1. The van der Waals surface area contributed by atoms with Crippen LogP contribution in [0, 0.1) is 11.6 Å². The minimum Gasteiger partial charge on any atom is -0.506 e. The molecule has 0 bridgehead atoms. The molecule has 6 nitrogen and oxygen atoms in total. The minimum atomic E-state index is -0.993. The van der Waals surface area contributed by atoms with Crippen molar-refractivity contribution in [1.29, 1.82) is 0 Å². The molecule has 4 rings (SSSR count). The normalized spacial score (nSPS) is 13.1. The Labute approximate surface area is 187 Å². The molecule has 1 heterocycles. The standard InChI is InChI=1S/C25H20F2N2O4/c26-17-11-16(12-18(27)13-17)24(33)22(25-28-19-6-1-2-7-20(19)29-25)23(32)15-5-3-4-14(10-15)21(31)8-9-30/h1-7,10-13,21,30-31,33H,8-9H2,(H,28,29)/b24-22-. The second-order valence-corrected chi connectivity index (χ2v) is 7.47. The molecule has 168 valence electrons. The van der Waals surface area contributed by atoms with E-state index in [1.807, 2.05) is 0 Å². The number of aliphatic hydroxyl groups is 3. The number of hydrogen-bond donors (Lipinski definition) is 4. The van der Waals surface area contributed by atoms with E-state index in [2.05, 4.69) is 9.97 Å². The van der Waals surface area contributed by atoms with E-state index in [4.69, 9.17) is 5.11 Å². The molecule has 0 radical (unpaired) electrons. The summed E-state index contributed by atoms with van der Waals surface area (Å²) in [4.78, 5) is 20.9. The highest BCUT2D eigenvalue weighted by Gasteiger charge is 2.25. The lowest BCUT2D eigenvalue weighted by Crippen LogP contribution is -2.09. The zero-order chi connectivity index (χ0) is 23.5. The van der Waals surface area contributed by atoms with Crippen LogP contribution in [0.25, 0.3) is 22.4 Å². The largest absolute Gasteiger partial charge is 0.506 e. The number of hydrogen-bond acceptors (Lipinski definition) is 5. The number of H-pyrrole nitrogens is 1. The van der Waals surface area contributed by atoms with Gasteiger partial charge in [0.1, 0.15) is 28.8 Å². The minimum absolute atomic E-state index is 0.0182. The number of carbonyl (C=O) groups is 1. The molecule has 0 saturated carbocycles. The van der Waals surface area contributed by atoms with Crippen molar-refractivity contribution in [2.75, 3.05) is 6.61 Å². The van der Waals surface area contributed by atoms with Crippen LogP contribution in [0.3, 0.4) is 0 Å². The number of aromatic amines is 1. The predicted octanol–water partition coefficient (Wildman–Crippen LogP) is 4.57. The summed E-state index contributed by atoms with van der Waals surface area (Å²) in [5.74, 6) is -3.14. The fourth-order valence-electron chi connectivity index (χ4n) is 3.55. The van der Waals surface area contributed by atoms with Crippen LogP contribution >= 0.6 is 0 Å². The molecule has 0 aliphatic rings. The van der Waals surface area contributed by atoms with Crippen molar-refractivity contribution in [3.63, 3.8) is 0 Å². The quantitative estimate of drug-likeness (QED) is 0.188. The summed E-state index contributed by atoms with van der Waals surface area (Å²) in [7, 11) is 0.